The van der Waals surface area contributed by atoms with Crippen LogP contribution >= 0.6 is 0 Å². The number of rotatable bonds is 8. The lowest BCUT2D eigenvalue weighted by molar-refractivity contribution is 0.0978. The number of nitrogens with zero attached hydrogens (tertiary/aromatic N) is 2. The highest BCUT2D eigenvalue weighted by molar-refractivity contribution is 7.91. The number of pyridine rings is 1. The minimum absolute atomic E-state index is 0.166. The van der Waals surface area contributed by atoms with Crippen LogP contribution in [0.15, 0.2) is 114 Å². The molecular formula is C35H34N2O5S2. The van der Waals surface area contributed by atoms with Gasteiger partial charge in [-0.15, -0.1) is 0 Å². The summed E-state index contributed by atoms with van der Waals surface area (Å²) in [5.41, 5.74) is 4.86. The summed E-state index contributed by atoms with van der Waals surface area (Å²) in [4.78, 5) is 20.4. The van der Waals surface area contributed by atoms with Crippen molar-refractivity contribution in [2.45, 2.75) is 36.5 Å². The Bertz CT molecular complexity index is 2070. The minimum atomic E-state index is -3.44. The van der Waals surface area contributed by atoms with Gasteiger partial charge < -0.3 is 4.90 Å². The van der Waals surface area contributed by atoms with Crippen LogP contribution < -0.4 is 4.90 Å². The lowest BCUT2D eigenvalue weighted by atomic mass is 9.92. The van der Waals surface area contributed by atoms with Crippen molar-refractivity contribution in [2.24, 2.45) is 0 Å². The second-order valence-electron chi connectivity index (χ2n) is 11.5. The van der Waals surface area contributed by atoms with Gasteiger partial charge in [-0.2, -0.15) is 0 Å². The van der Waals surface area contributed by atoms with Gasteiger partial charge >= 0.3 is 0 Å². The summed E-state index contributed by atoms with van der Waals surface area (Å²) in [5.74, 6) is -0.236. The van der Waals surface area contributed by atoms with Gasteiger partial charge in [0, 0.05) is 40.9 Å². The molecule has 1 unspecified atom stereocenters. The van der Waals surface area contributed by atoms with Crippen molar-refractivity contribution < 1.29 is 21.6 Å². The molecule has 0 aliphatic rings. The number of benzene rings is 4. The number of fused-ring (bicyclic) bond motifs is 1. The maximum atomic E-state index is 14.0. The van der Waals surface area contributed by atoms with Gasteiger partial charge in [-0.25, -0.2) is 16.8 Å². The molecule has 0 aliphatic heterocycles. The summed E-state index contributed by atoms with van der Waals surface area (Å²) in [7, 11) is -6.85. The van der Waals surface area contributed by atoms with E-state index in [9.17, 15) is 21.6 Å². The molecule has 5 aromatic rings. The molecule has 1 heterocycles. The first kappa shape index (κ1) is 31.1. The SMILES string of the molecule is CC(c1cccc(-c2cc(C(C)(C)S(C)(=O)=O)cc3cccnc23)c1)N(C(=O)c1ccccc1)c1ccc(S(C)(=O)=O)cc1. The molecule has 0 saturated heterocycles. The summed E-state index contributed by atoms with van der Waals surface area (Å²) >= 11 is 0. The molecule has 7 nitrogen and oxygen atoms in total. The smallest absolute Gasteiger partial charge is 0.258 e. The van der Waals surface area contributed by atoms with E-state index >= 15 is 0 Å². The number of carbonyl (C=O) groups excluding carboxylic acids is 1. The van der Waals surface area contributed by atoms with Crippen LogP contribution in [0.3, 0.4) is 0 Å². The Hall–Kier alpha value is -4.34. The number of sulfone groups is 2. The van der Waals surface area contributed by atoms with Crippen LogP contribution in [0.2, 0.25) is 0 Å². The summed E-state index contributed by atoms with van der Waals surface area (Å²) in [5, 5.41) is 0.821. The lowest BCUT2D eigenvalue weighted by Gasteiger charge is -2.30. The van der Waals surface area contributed by atoms with E-state index in [1.807, 2.05) is 61.5 Å². The summed E-state index contributed by atoms with van der Waals surface area (Å²) < 4.78 is 48.6. The molecule has 226 valence electrons. The molecule has 44 heavy (non-hydrogen) atoms. The molecule has 0 N–H and O–H groups in total. The number of hydrogen-bond donors (Lipinski definition) is 0. The van der Waals surface area contributed by atoms with Crippen LogP contribution in [0.25, 0.3) is 22.0 Å². The van der Waals surface area contributed by atoms with Gasteiger partial charge in [-0.05, 0) is 98.1 Å². The van der Waals surface area contributed by atoms with Gasteiger partial charge in [0.1, 0.15) is 0 Å². The van der Waals surface area contributed by atoms with Crippen molar-refractivity contribution in [3.8, 4) is 11.1 Å². The van der Waals surface area contributed by atoms with Crippen molar-refractivity contribution in [1.82, 2.24) is 4.98 Å². The highest BCUT2D eigenvalue weighted by atomic mass is 32.2. The monoisotopic (exact) mass is 626 g/mol. The molecule has 1 aromatic heterocycles. The Labute approximate surface area is 259 Å². The average Bonchev–Trinajstić information content (AvgIpc) is 3.00. The number of carbonyl (C=O) groups is 1. The molecule has 1 amide bonds. The molecule has 9 heteroatoms. The van der Waals surface area contributed by atoms with Gasteiger partial charge in [-0.1, -0.05) is 42.5 Å². The number of anilines is 1. The van der Waals surface area contributed by atoms with Crippen LogP contribution in [0.4, 0.5) is 5.69 Å². The Morgan fingerprint density at radius 3 is 2.11 bits per heavy atom. The van der Waals surface area contributed by atoms with Crippen LogP contribution in [-0.4, -0.2) is 40.2 Å². The predicted molar refractivity (Wildman–Crippen MR) is 176 cm³/mol. The molecule has 0 spiro atoms. The normalized spacial score (nSPS) is 13.0. The van der Waals surface area contributed by atoms with Crippen molar-refractivity contribution >= 4 is 42.2 Å². The zero-order chi connectivity index (χ0) is 31.9. The summed E-state index contributed by atoms with van der Waals surface area (Å²) in [6.45, 7) is 5.32. The molecule has 1 atom stereocenters. The topological polar surface area (TPSA) is 101 Å². The highest BCUT2D eigenvalue weighted by Crippen LogP contribution is 2.38. The molecule has 4 aromatic carbocycles. The number of hydrogen-bond acceptors (Lipinski definition) is 6. The van der Waals surface area contributed by atoms with Gasteiger partial charge in [0.05, 0.1) is 21.2 Å². The third-order valence-electron chi connectivity index (χ3n) is 8.18. The first-order valence-electron chi connectivity index (χ1n) is 14.1. The number of amides is 1. The third kappa shape index (κ3) is 6.02. The van der Waals surface area contributed by atoms with Crippen LogP contribution in [0, 0.1) is 0 Å². The quantitative estimate of drug-likeness (QED) is 0.184. The van der Waals surface area contributed by atoms with E-state index in [1.54, 1.807) is 61.3 Å². The summed E-state index contributed by atoms with van der Waals surface area (Å²) in [6, 6.07) is 30.0. The molecular weight excluding hydrogens is 593 g/mol. The van der Waals surface area contributed by atoms with Crippen molar-refractivity contribution in [3.63, 3.8) is 0 Å². The first-order chi connectivity index (χ1) is 20.7. The zero-order valence-corrected chi connectivity index (χ0v) is 26.9. The van der Waals surface area contributed by atoms with Crippen molar-refractivity contribution in [2.75, 3.05) is 17.4 Å². The van der Waals surface area contributed by atoms with Gasteiger partial charge in [0.2, 0.25) is 0 Å². The van der Waals surface area contributed by atoms with E-state index in [4.69, 9.17) is 0 Å². The van der Waals surface area contributed by atoms with Crippen molar-refractivity contribution in [3.05, 3.63) is 126 Å². The van der Waals surface area contributed by atoms with E-state index in [1.165, 1.54) is 18.4 Å². The fraction of sp³-hybridized carbons (Fsp3) is 0.200. The molecule has 0 saturated carbocycles. The maximum absolute atomic E-state index is 14.0. The standard InChI is InChI=1S/C35H34N2O5S2/c1-24(37(34(38)25-11-7-6-8-12-25)30-16-18-31(19-17-30)43(4,39)40)26-13-9-14-27(21-26)32-23-29(35(2,3)44(5,41)42)22-28-15-10-20-36-33(28)32/h6-24H,1-5H3. The molecule has 5 rings (SSSR count). The van der Waals surface area contributed by atoms with Crippen LogP contribution in [0.5, 0.6) is 0 Å². The van der Waals surface area contributed by atoms with E-state index in [2.05, 4.69) is 4.98 Å². The Morgan fingerprint density at radius 1 is 0.795 bits per heavy atom. The molecule has 0 radical (unpaired) electrons. The van der Waals surface area contributed by atoms with Gasteiger partial charge in [-0.3, -0.25) is 9.78 Å². The minimum Gasteiger partial charge on any atom is -0.301 e. The lowest BCUT2D eigenvalue weighted by Crippen LogP contribution is -2.33. The van der Waals surface area contributed by atoms with E-state index in [0.29, 0.717) is 16.8 Å². The fourth-order valence-corrected chi connectivity index (χ4v) is 6.36. The predicted octanol–water partition coefficient (Wildman–Crippen LogP) is 6.99. The van der Waals surface area contributed by atoms with E-state index < -0.39 is 30.5 Å². The Balaban J connectivity index is 1.65. The fourth-order valence-electron chi connectivity index (χ4n) is 5.18. The average molecular weight is 627 g/mol. The first-order valence-corrected chi connectivity index (χ1v) is 17.8. The van der Waals surface area contributed by atoms with Crippen molar-refractivity contribution in [1.29, 1.82) is 0 Å². The third-order valence-corrected chi connectivity index (χ3v) is 11.4. The van der Waals surface area contributed by atoms with Crippen LogP contribution in [-0.2, 0) is 24.4 Å². The second-order valence-corrected chi connectivity index (χ2v) is 16.1. The Kier molecular flexibility index (Phi) is 8.22. The highest BCUT2D eigenvalue weighted by Gasteiger charge is 2.33. The van der Waals surface area contributed by atoms with E-state index in [0.717, 1.165) is 33.8 Å². The maximum Gasteiger partial charge on any atom is 0.258 e. The largest absolute Gasteiger partial charge is 0.301 e. The molecule has 0 fully saturated rings. The Morgan fingerprint density at radius 2 is 1.48 bits per heavy atom. The van der Waals surface area contributed by atoms with Crippen LogP contribution in [0.1, 0.15) is 48.3 Å². The molecule has 0 aliphatic carbocycles. The summed E-state index contributed by atoms with van der Waals surface area (Å²) in [6.07, 6.45) is 4.09. The molecule has 0 bridgehead atoms. The van der Waals surface area contributed by atoms with Gasteiger partial charge in [0.15, 0.2) is 19.7 Å². The number of aromatic nitrogens is 1. The van der Waals surface area contributed by atoms with E-state index in [-0.39, 0.29) is 10.8 Å². The van der Waals surface area contributed by atoms with Gasteiger partial charge in [0.25, 0.3) is 5.91 Å². The zero-order valence-electron chi connectivity index (χ0n) is 25.2. The second kappa shape index (κ2) is 11.6.